The molecule has 0 atom stereocenters. The minimum atomic E-state index is -0.255. The van der Waals surface area contributed by atoms with Crippen molar-refractivity contribution in [1.29, 1.82) is 0 Å². The van der Waals surface area contributed by atoms with Gasteiger partial charge in [-0.2, -0.15) is 0 Å². The molecule has 4 nitrogen and oxygen atoms in total. The highest BCUT2D eigenvalue weighted by Gasteiger charge is 2.50. The molecule has 4 fully saturated rings. The zero-order valence-electron chi connectivity index (χ0n) is 10.4. The van der Waals surface area contributed by atoms with E-state index in [1.54, 1.807) is 0 Å². The smallest absolute Gasteiger partial charge is 0.328 e. The molecule has 0 radical (unpaired) electrons. The second-order valence-corrected chi connectivity index (χ2v) is 6.57. The van der Waals surface area contributed by atoms with Gasteiger partial charge in [-0.1, -0.05) is 0 Å². The highest BCUT2D eigenvalue weighted by atomic mass is 16.2. The van der Waals surface area contributed by atoms with E-state index in [0.717, 1.165) is 30.7 Å². The van der Waals surface area contributed by atoms with Crippen molar-refractivity contribution in [3.63, 3.8) is 0 Å². The SMILES string of the molecule is NNC(=O)NCCC12CC3CC(CC(C3)C1)C2. The zero-order valence-corrected chi connectivity index (χ0v) is 10.4. The van der Waals surface area contributed by atoms with Gasteiger partial charge in [0.25, 0.3) is 0 Å². The van der Waals surface area contributed by atoms with Crippen LogP contribution in [0.2, 0.25) is 0 Å². The van der Waals surface area contributed by atoms with Crippen LogP contribution in [0.1, 0.15) is 44.9 Å². The molecule has 96 valence electrons. The Morgan fingerprint density at radius 1 is 1.12 bits per heavy atom. The molecule has 0 saturated heterocycles. The Morgan fingerprint density at radius 3 is 2.12 bits per heavy atom. The molecule has 4 aliphatic carbocycles. The highest BCUT2D eigenvalue weighted by molar-refractivity contribution is 5.72. The molecule has 0 unspecified atom stereocenters. The molecular formula is C13H23N3O. The van der Waals surface area contributed by atoms with Gasteiger partial charge >= 0.3 is 6.03 Å². The molecule has 0 aromatic carbocycles. The number of amides is 2. The molecule has 0 heterocycles. The molecular weight excluding hydrogens is 214 g/mol. The average molecular weight is 237 g/mol. The summed E-state index contributed by atoms with van der Waals surface area (Å²) in [5.41, 5.74) is 2.68. The molecule has 0 aliphatic heterocycles. The van der Waals surface area contributed by atoms with Crippen molar-refractivity contribution in [1.82, 2.24) is 10.7 Å². The lowest BCUT2D eigenvalue weighted by Gasteiger charge is -2.57. The summed E-state index contributed by atoms with van der Waals surface area (Å²) in [5.74, 6) is 8.03. The molecule has 0 aromatic rings. The van der Waals surface area contributed by atoms with Gasteiger partial charge in [-0.25, -0.2) is 10.6 Å². The van der Waals surface area contributed by atoms with E-state index in [9.17, 15) is 4.79 Å². The Labute approximate surface area is 103 Å². The summed E-state index contributed by atoms with van der Waals surface area (Å²) in [7, 11) is 0. The van der Waals surface area contributed by atoms with Crippen LogP contribution in [0.15, 0.2) is 0 Å². The van der Waals surface area contributed by atoms with Crippen molar-refractivity contribution >= 4 is 6.03 Å². The molecule has 4 bridgehead atoms. The van der Waals surface area contributed by atoms with Crippen molar-refractivity contribution in [3.8, 4) is 0 Å². The van der Waals surface area contributed by atoms with E-state index in [4.69, 9.17) is 5.84 Å². The second kappa shape index (κ2) is 4.16. The molecule has 4 heteroatoms. The van der Waals surface area contributed by atoms with Gasteiger partial charge in [-0.3, -0.25) is 5.43 Å². The van der Waals surface area contributed by atoms with Crippen LogP contribution in [0, 0.1) is 23.2 Å². The molecule has 0 spiro atoms. The predicted octanol–water partition coefficient (Wildman–Crippen LogP) is 1.77. The Hall–Kier alpha value is -0.770. The fraction of sp³-hybridized carbons (Fsp3) is 0.923. The molecule has 17 heavy (non-hydrogen) atoms. The Kier molecular flexibility index (Phi) is 2.77. The molecule has 4 aliphatic rings. The van der Waals surface area contributed by atoms with Gasteiger partial charge in [-0.15, -0.1) is 0 Å². The van der Waals surface area contributed by atoms with E-state index in [0.29, 0.717) is 5.41 Å². The number of nitrogens with two attached hydrogens (primary N) is 1. The largest absolute Gasteiger partial charge is 0.337 e. The zero-order chi connectivity index (χ0) is 11.9. The first-order valence-electron chi connectivity index (χ1n) is 6.93. The van der Waals surface area contributed by atoms with Crippen LogP contribution < -0.4 is 16.6 Å². The third-order valence-corrected chi connectivity index (χ3v) is 5.24. The summed E-state index contributed by atoms with van der Waals surface area (Å²) in [6.07, 6.45) is 9.81. The third kappa shape index (κ3) is 2.15. The molecule has 4 N–H and O–H groups in total. The van der Waals surface area contributed by atoms with E-state index in [2.05, 4.69) is 10.7 Å². The Bertz CT molecular complexity index is 281. The number of hydrogen-bond acceptors (Lipinski definition) is 2. The number of carbonyl (C=O) groups is 1. The summed E-state index contributed by atoms with van der Waals surface area (Å²) in [4.78, 5) is 11.1. The molecule has 0 aromatic heterocycles. The van der Waals surface area contributed by atoms with Gasteiger partial charge in [0.1, 0.15) is 0 Å². The number of hydrogen-bond donors (Lipinski definition) is 3. The maximum Gasteiger partial charge on any atom is 0.328 e. The van der Waals surface area contributed by atoms with Crippen molar-refractivity contribution in [2.75, 3.05) is 6.54 Å². The summed E-state index contributed by atoms with van der Waals surface area (Å²) < 4.78 is 0. The quantitative estimate of drug-likeness (QED) is 0.398. The number of rotatable bonds is 3. The number of urea groups is 1. The lowest BCUT2D eigenvalue weighted by molar-refractivity contribution is -0.0563. The maximum absolute atomic E-state index is 11.1. The topological polar surface area (TPSA) is 67.1 Å². The van der Waals surface area contributed by atoms with Crippen LogP contribution in [0.25, 0.3) is 0 Å². The fourth-order valence-corrected chi connectivity index (χ4v) is 5.09. The minimum absolute atomic E-state index is 0.255. The van der Waals surface area contributed by atoms with E-state index in [1.807, 2.05) is 0 Å². The summed E-state index contributed by atoms with van der Waals surface area (Å²) >= 11 is 0. The lowest BCUT2D eigenvalue weighted by atomic mass is 9.49. The van der Waals surface area contributed by atoms with Crippen LogP contribution in [0.4, 0.5) is 4.79 Å². The predicted molar refractivity (Wildman–Crippen MR) is 65.9 cm³/mol. The Morgan fingerprint density at radius 2 is 1.65 bits per heavy atom. The van der Waals surface area contributed by atoms with E-state index >= 15 is 0 Å². The van der Waals surface area contributed by atoms with Gasteiger partial charge in [-0.05, 0) is 68.1 Å². The van der Waals surface area contributed by atoms with Crippen molar-refractivity contribution < 1.29 is 4.79 Å². The van der Waals surface area contributed by atoms with E-state index in [1.165, 1.54) is 38.5 Å². The monoisotopic (exact) mass is 237 g/mol. The van der Waals surface area contributed by atoms with Gasteiger partial charge in [0, 0.05) is 6.54 Å². The van der Waals surface area contributed by atoms with Crippen LogP contribution in [-0.4, -0.2) is 12.6 Å². The summed E-state index contributed by atoms with van der Waals surface area (Å²) in [6.45, 7) is 0.773. The number of hydrazine groups is 1. The first-order chi connectivity index (χ1) is 8.19. The van der Waals surface area contributed by atoms with Crippen LogP contribution >= 0.6 is 0 Å². The van der Waals surface area contributed by atoms with E-state index < -0.39 is 0 Å². The summed E-state index contributed by atoms with van der Waals surface area (Å²) in [5, 5.41) is 2.83. The molecule has 4 saturated carbocycles. The minimum Gasteiger partial charge on any atom is -0.337 e. The van der Waals surface area contributed by atoms with Crippen LogP contribution in [-0.2, 0) is 0 Å². The van der Waals surface area contributed by atoms with Gasteiger partial charge < -0.3 is 5.32 Å². The van der Waals surface area contributed by atoms with Crippen molar-refractivity contribution in [2.45, 2.75) is 44.9 Å². The highest BCUT2D eigenvalue weighted by Crippen LogP contribution is 2.61. The first-order valence-corrected chi connectivity index (χ1v) is 6.93. The average Bonchev–Trinajstić information content (AvgIpc) is 2.26. The Balaban J connectivity index is 1.57. The van der Waals surface area contributed by atoms with Crippen LogP contribution in [0.5, 0.6) is 0 Å². The maximum atomic E-state index is 11.1. The summed E-state index contributed by atoms with van der Waals surface area (Å²) in [6, 6.07) is -0.255. The van der Waals surface area contributed by atoms with Gasteiger partial charge in [0.15, 0.2) is 0 Å². The van der Waals surface area contributed by atoms with Crippen LogP contribution in [0.3, 0.4) is 0 Å². The molecule has 2 amide bonds. The first kappa shape index (κ1) is 11.3. The van der Waals surface area contributed by atoms with Crippen molar-refractivity contribution in [2.24, 2.45) is 29.0 Å². The van der Waals surface area contributed by atoms with E-state index in [-0.39, 0.29) is 6.03 Å². The number of nitrogens with one attached hydrogen (secondary N) is 2. The van der Waals surface area contributed by atoms with Gasteiger partial charge in [0.05, 0.1) is 0 Å². The third-order valence-electron chi connectivity index (χ3n) is 5.24. The second-order valence-electron chi connectivity index (χ2n) is 6.57. The normalized spacial score (nSPS) is 42.5. The lowest BCUT2D eigenvalue weighted by Crippen LogP contribution is -2.48. The van der Waals surface area contributed by atoms with Gasteiger partial charge in [0.2, 0.25) is 0 Å². The fourth-order valence-electron chi connectivity index (χ4n) is 5.09. The van der Waals surface area contributed by atoms with Crippen molar-refractivity contribution in [3.05, 3.63) is 0 Å². The standard InChI is InChI=1S/C13H23N3O/c14-16-12(17)15-2-1-13-6-9-3-10(7-13)5-11(4-9)8-13/h9-11H,1-8,14H2,(H2,15,16,17). The number of carbonyl (C=O) groups excluding carboxylic acids is 1. The molecule has 4 rings (SSSR count).